The smallest absolute Gasteiger partial charge is 0.0940 e. The van der Waals surface area contributed by atoms with E-state index < -0.39 is 0 Å². The zero-order valence-electron chi connectivity index (χ0n) is 6.45. The van der Waals surface area contributed by atoms with E-state index in [1.807, 2.05) is 0 Å². The van der Waals surface area contributed by atoms with Gasteiger partial charge < -0.3 is 22.8 Å². The van der Waals surface area contributed by atoms with Crippen molar-refractivity contribution in [2.45, 2.75) is 18.2 Å². The largest absolute Gasteiger partial charge is 1.00 e. The third-order valence-electron chi connectivity index (χ3n) is 2.73. The minimum atomic E-state index is 0. The number of nitrogens with one attached hydrogen (secondary N) is 1. The van der Waals surface area contributed by atoms with Crippen molar-refractivity contribution in [2.24, 2.45) is 5.92 Å². The first-order valence-electron chi connectivity index (χ1n) is 3.84. The normalized spacial score (nSPS) is 40.6. The number of hydrogen-bond donors (Lipinski definition) is 1. The predicted octanol–water partition coefficient (Wildman–Crippen LogP) is -3.92. The van der Waals surface area contributed by atoms with Gasteiger partial charge in [0.15, 0.2) is 0 Å². The van der Waals surface area contributed by atoms with Gasteiger partial charge in [-0.3, -0.25) is 0 Å². The molecular weight excluding hydrogens is 185 g/mol. The van der Waals surface area contributed by atoms with Gasteiger partial charge in [0.1, 0.15) is 0 Å². The van der Waals surface area contributed by atoms with Crippen molar-refractivity contribution in [3.8, 4) is 0 Å². The van der Waals surface area contributed by atoms with E-state index >= 15 is 0 Å². The van der Waals surface area contributed by atoms with Crippen molar-refractivity contribution in [2.75, 3.05) is 19.6 Å². The zero-order valence-corrected chi connectivity index (χ0v) is 7.96. The Morgan fingerprint density at radius 1 is 1.18 bits per heavy atom. The number of alkyl halides is 1. The van der Waals surface area contributed by atoms with Crippen LogP contribution in [0.1, 0.15) is 12.8 Å². The third-order valence-corrected chi connectivity index (χ3v) is 3.24. The molecule has 1 atom stereocenters. The van der Waals surface area contributed by atoms with Crippen molar-refractivity contribution in [3.05, 3.63) is 0 Å². The highest BCUT2D eigenvalue weighted by molar-refractivity contribution is 6.20. The van der Waals surface area contributed by atoms with Crippen LogP contribution in [-0.4, -0.2) is 30.5 Å². The summed E-state index contributed by atoms with van der Waals surface area (Å²) in [7, 11) is 0. The van der Waals surface area contributed by atoms with Gasteiger partial charge in [-0.1, -0.05) is 0 Å². The maximum atomic E-state index is 6.09. The minimum absolute atomic E-state index is 0. The fourth-order valence-corrected chi connectivity index (χ4v) is 2.53. The molecule has 0 radical (unpaired) electrons. The molecular formula is C7H15Cl2NO. The Bertz CT molecular complexity index is 115. The van der Waals surface area contributed by atoms with Gasteiger partial charge >= 0.3 is 0 Å². The number of halogens is 2. The van der Waals surface area contributed by atoms with Crippen LogP contribution < -0.4 is 17.3 Å². The lowest BCUT2D eigenvalue weighted by Gasteiger charge is -2.39. The van der Waals surface area contributed by atoms with E-state index in [1.165, 1.54) is 32.5 Å². The Kier molecular flexibility index (Phi) is 4.71. The quantitative estimate of drug-likeness (QED) is 0.388. The first-order chi connectivity index (χ1) is 4.36. The molecule has 0 aromatic carbocycles. The summed E-state index contributed by atoms with van der Waals surface area (Å²) < 4.78 is 0. The topological polar surface area (TPSA) is 35.9 Å². The highest BCUT2D eigenvalue weighted by atomic mass is 35.5. The predicted molar refractivity (Wildman–Crippen MR) is 41.5 cm³/mol. The van der Waals surface area contributed by atoms with Gasteiger partial charge in [-0.2, -0.15) is 0 Å². The van der Waals surface area contributed by atoms with Gasteiger partial charge in [0.05, 0.1) is 25.0 Å². The standard InChI is InChI=1S/C7H12ClN.ClH.H2O/c8-7-5-9-3-1-6(7)2-4-9;;/h6-7H,1-5H2;1H;1H2. The van der Waals surface area contributed by atoms with Crippen molar-refractivity contribution >= 4 is 11.6 Å². The summed E-state index contributed by atoms with van der Waals surface area (Å²) in [5.74, 6) is 0.865. The van der Waals surface area contributed by atoms with Gasteiger partial charge in [0.25, 0.3) is 0 Å². The molecule has 0 aromatic rings. The van der Waals surface area contributed by atoms with E-state index in [2.05, 4.69) is 0 Å². The van der Waals surface area contributed by atoms with Crippen LogP contribution in [-0.2, 0) is 0 Å². The molecule has 3 aliphatic heterocycles. The molecule has 4 heteroatoms. The SMILES string of the molecule is ClC1C[NH+]2CCC1CC2.O.[Cl-]. The summed E-state index contributed by atoms with van der Waals surface area (Å²) in [4.78, 5) is 1.73. The molecule has 0 aromatic heterocycles. The first kappa shape index (κ1) is 11.5. The molecule has 3 saturated heterocycles. The van der Waals surface area contributed by atoms with Crippen molar-refractivity contribution in [1.29, 1.82) is 0 Å². The average Bonchev–Trinajstić information content (AvgIpc) is 1.90. The number of quaternary nitrogens is 1. The third kappa shape index (κ3) is 2.22. The van der Waals surface area contributed by atoms with Crippen molar-refractivity contribution < 1.29 is 22.8 Å². The van der Waals surface area contributed by atoms with Gasteiger partial charge in [-0.15, -0.1) is 11.6 Å². The molecule has 0 aliphatic carbocycles. The van der Waals surface area contributed by atoms with E-state index in [0.717, 1.165) is 5.92 Å². The monoisotopic (exact) mass is 199 g/mol. The van der Waals surface area contributed by atoms with Crippen molar-refractivity contribution in [1.82, 2.24) is 0 Å². The molecule has 0 amide bonds. The number of hydrogen-bond acceptors (Lipinski definition) is 0. The summed E-state index contributed by atoms with van der Waals surface area (Å²) in [6.07, 6.45) is 2.76. The van der Waals surface area contributed by atoms with Crippen LogP contribution >= 0.6 is 11.6 Å². The molecule has 2 bridgehead atoms. The number of piperidine rings is 3. The molecule has 3 heterocycles. The van der Waals surface area contributed by atoms with E-state index in [4.69, 9.17) is 11.6 Å². The second-order valence-corrected chi connectivity index (χ2v) is 3.87. The van der Waals surface area contributed by atoms with Gasteiger partial charge in [0.2, 0.25) is 0 Å². The highest BCUT2D eigenvalue weighted by Crippen LogP contribution is 2.21. The summed E-state index contributed by atoms with van der Waals surface area (Å²) in [5, 5.41) is 0.502. The van der Waals surface area contributed by atoms with Gasteiger partial charge in [-0.25, -0.2) is 0 Å². The lowest BCUT2D eigenvalue weighted by molar-refractivity contribution is -0.915. The van der Waals surface area contributed by atoms with Crippen molar-refractivity contribution in [3.63, 3.8) is 0 Å². The molecule has 3 fully saturated rings. The Morgan fingerprint density at radius 3 is 1.91 bits per heavy atom. The number of rotatable bonds is 0. The van der Waals surface area contributed by atoms with Crippen LogP contribution in [0.2, 0.25) is 0 Å². The lowest BCUT2D eigenvalue weighted by Crippen LogP contribution is -3.16. The first-order valence-corrected chi connectivity index (χ1v) is 4.27. The van der Waals surface area contributed by atoms with Crippen LogP contribution in [0.25, 0.3) is 0 Å². The van der Waals surface area contributed by atoms with E-state index in [-0.39, 0.29) is 17.9 Å². The Hall–Kier alpha value is 0.500. The second kappa shape index (κ2) is 4.51. The molecule has 3 N–H and O–H groups in total. The van der Waals surface area contributed by atoms with Gasteiger partial charge in [0, 0.05) is 12.8 Å². The van der Waals surface area contributed by atoms with E-state index in [9.17, 15) is 0 Å². The molecule has 1 unspecified atom stereocenters. The van der Waals surface area contributed by atoms with Crippen LogP contribution in [0.5, 0.6) is 0 Å². The Morgan fingerprint density at radius 2 is 1.73 bits per heavy atom. The van der Waals surface area contributed by atoms with Gasteiger partial charge in [-0.05, 0) is 5.92 Å². The molecule has 3 rings (SSSR count). The molecule has 3 aliphatic rings. The Labute approximate surface area is 78.6 Å². The molecule has 11 heavy (non-hydrogen) atoms. The van der Waals surface area contributed by atoms with E-state index in [0.29, 0.717) is 5.38 Å². The second-order valence-electron chi connectivity index (χ2n) is 3.31. The van der Waals surface area contributed by atoms with E-state index in [1.54, 1.807) is 4.90 Å². The molecule has 0 spiro atoms. The fraction of sp³-hybridized carbons (Fsp3) is 1.00. The molecule has 2 nitrogen and oxygen atoms in total. The fourth-order valence-electron chi connectivity index (χ4n) is 2.06. The van der Waals surface area contributed by atoms with Crippen LogP contribution in [0.4, 0.5) is 0 Å². The maximum absolute atomic E-state index is 6.09. The Balaban J connectivity index is 0.000000500. The zero-order chi connectivity index (χ0) is 6.27. The number of fused-ring (bicyclic) bond motifs is 3. The molecule has 0 saturated carbocycles. The summed E-state index contributed by atoms with van der Waals surface area (Å²) >= 11 is 6.09. The summed E-state index contributed by atoms with van der Waals surface area (Å²) in [6.45, 7) is 3.99. The summed E-state index contributed by atoms with van der Waals surface area (Å²) in [5.41, 5.74) is 0. The maximum Gasteiger partial charge on any atom is 0.0940 e. The van der Waals surface area contributed by atoms with Crippen LogP contribution in [0, 0.1) is 5.92 Å². The molecule has 68 valence electrons. The summed E-state index contributed by atoms with van der Waals surface area (Å²) in [6, 6.07) is 0. The lowest BCUT2D eigenvalue weighted by atomic mass is 9.88. The average molecular weight is 200 g/mol. The highest BCUT2D eigenvalue weighted by Gasteiger charge is 2.35. The minimum Gasteiger partial charge on any atom is -1.00 e. The van der Waals surface area contributed by atoms with Crippen LogP contribution in [0.3, 0.4) is 0 Å². The van der Waals surface area contributed by atoms with Crippen LogP contribution in [0.15, 0.2) is 0 Å².